The molecule has 2 N–H and O–H groups in total. The van der Waals surface area contributed by atoms with Crippen molar-refractivity contribution in [1.29, 1.82) is 0 Å². The van der Waals surface area contributed by atoms with Crippen LogP contribution in [0.2, 0.25) is 5.02 Å². The molecule has 3 unspecified atom stereocenters. The number of hydrogen-bond donors (Lipinski definition) is 2. The van der Waals surface area contributed by atoms with E-state index in [1.165, 1.54) is 12.1 Å². The summed E-state index contributed by atoms with van der Waals surface area (Å²) < 4.78 is 29.3. The maximum Gasteiger partial charge on any atom is 0.223 e. The summed E-state index contributed by atoms with van der Waals surface area (Å²) in [6.07, 6.45) is 9.50. The molecule has 2 aromatic rings. The number of carbonyl (C=O) groups is 1. The standard InChI is InChI=1S/C21H24ClF2N3O/c22-15-7-8-16(23)17(18(15)24)19(12-3-1-2-4-12)27-21(28)14-6-5-13(11-14)20-25-9-10-26-20/h7-10,12-14,19H,1-6,11H2,(H,25,26)(H,27,28). The Morgan fingerprint density at radius 1 is 1.21 bits per heavy atom. The first kappa shape index (κ1) is 19.4. The molecule has 0 spiro atoms. The predicted molar refractivity (Wildman–Crippen MR) is 103 cm³/mol. The number of rotatable bonds is 5. The largest absolute Gasteiger partial charge is 0.349 e. The first-order valence-electron chi connectivity index (χ1n) is 9.97. The molecule has 0 saturated heterocycles. The Hall–Kier alpha value is -1.95. The van der Waals surface area contributed by atoms with Crippen molar-refractivity contribution in [3.63, 3.8) is 0 Å². The Morgan fingerprint density at radius 3 is 2.71 bits per heavy atom. The quantitative estimate of drug-likeness (QED) is 0.663. The van der Waals surface area contributed by atoms with Gasteiger partial charge in [-0.1, -0.05) is 24.4 Å². The fourth-order valence-electron chi connectivity index (χ4n) is 4.78. The molecule has 1 aromatic carbocycles. The Kier molecular flexibility index (Phi) is 5.67. The molecule has 2 aliphatic carbocycles. The van der Waals surface area contributed by atoms with Crippen LogP contribution in [-0.2, 0) is 4.79 Å². The molecular weight excluding hydrogens is 384 g/mol. The average molecular weight is 408 g/mol. The number of imidazole rings is 1. The van der Waals surface area contributed by atoms with E-state index in [9.17, 15) is 13.6 Å². The summed E-state index contributed by atoms with van der Waals surface area (Å²) in [4.78, 5) is 20.4. The third-order valence-corrected chi connectivity index (χ3v) is 6.56. The van der Waals surface area contributed by atoms with Crippen LogP contribution in [-0.4, -0.2) is 15.9 Å². The Balaban J connectivity index is 1.54. The van der Waals surface area contributed by atoms with Crippen LogP contribution >= 0.6 is 11.6 Å². The summed E-state index contributed by atoms with van der Waals surface area (Å²) in [5.41, 5.74) is -0.103. The third-order valence-electron chi connectivity index (χ3n) is 6.27. The van der Waals surface area contributed by atoms with Gasteiger partial charge in [-0.05, 0) is 50.2 Å². The van der Waals surface area contributed by atoms with Crippen LogP contribution < -0.4 is 5.32 Å². The van der Waals surface area contributed by atoms with Gasteiger partial charge in [-0.25, -0.2) is 13.8 Å². The molecule has 150 valence electrons. The molecule has 28 heavy (non-hydrogen) atoms. The van der Waals surface area contributed by atoms with Crippen LogP contribution in [0.1, 0.15) is 68.3 Å². The molecule has 3 atom stereocenters. The van der Waals surface area contributed by atoms with Crippen LogP contribution in [0.3, 0.4) is 0 Å². The van der Waals surface area contributed by atoms with E-state index >= 15 is 0 Å². The van der Waals surface area contributed by atoms with Crippen molar-refractivity contribution in [1.82, 2.24) is 15.3 Å². The maximum absolute atomic E-state index is 14.7. The molecule has 0 radical (unpaired) electrons. The number of hydrogen-bond acceptors (Lipinski definition) is 2. The molecule has 1 amide bonds. The molecule has 2 fully saturated rings. The van der Waals surface area contributed by atoms with Gasteiger partial charge in [-0.2, -0.15) is 0 Å². The minimum Gasteiger partial charge on any atom is -0.349 e. The number of nitrogens with zero attached hydrogens (tertiary/aromatic N) is 1. The number of aromatic nitrogens is 2. The summed E-state index contributed by atoms with van der Waals surface area (Å²) in [5, 5.41) is 2.87. The monoisotopic (exact) mass is 407 g/mol. The van der Waals surface area contributed by atoms with Crippen molar-refractivity contribution < 1.29 is 13.6 Å². The smallest absolute Gasteiger partial charge is 0.223 e. The number of halogens is 3. The normalized spacial score (nSPS) is 23.8. The molecule has 0 aliphatic heterocycles. The van der Waals surface area contributed by atoms with Crippen LogP contribution in [0.4, 0.5) is 8.78 Å². The van der Waals surface area contributed by atoms with E-state index < -0.39 is 17.7 Å². The van der Waals surface area contributed by atoms with Crippen LogP contribution in [0, 0.1) is 23.5 Å². The van der Waals surface area contributed by atoms with Crippen molar-refractivity contribution in [2.75, 3.05) is 0 Å². The van der Waals surface area contributed by atoms with Crippen molar-refractivity contribution in [2.24, 2.45) is 11.8 Å². The van der Waals surface area contributed by atoms with E-state index in [1.807, 2.05) is 0 Å². The summed E-state index contributed by atoms with van der Waals surface area (Å²) in [6, 6.07) is 1.71. The lowest BCUT2D eigenvalue weighted by Gasteiger charge is -2.27. The van der Waals surface area contributed by atoms with Gasteiger partial charge in [0.1, 0.15) is 17.5 Å². The lowest BCUT2D eigenvalue weighted by molar-refractivity contribution is -0.126. The van der Waals surface area contributed by atoms with Gasteiger partial charge < -0.3 is 10.3 Å². The summed E-state index contributed by atoms with van der Waals surface area (Å²) in [5.74, 6) is -0.592. The van der Waals surface area contributed by atoms with E-state index in [4.69, 9.17) is 11.6 Å². The minimum atomic E-state index is -0.765. The highest BCUT2D eigenvalue weighted by Gasteiger charge is 2.37. The molecule has 4 rings (SSSR count). The highest BCUT2D eigenvalue weighted by atomic mass is 35.5. The van der Waals surface area contributed by atoms with E-state index in [0.717, 1.165) is 44.3 Å². The Labute approximate surface area is 168 Å². The predicted octanol–water partition coefficient (Wildman–Crippen LogP) is 5.27. The summed E-state index contributed by atoms with van der Waals surface area (Å²) >= 11 is 5.91. The van der Waals surface area contributed by atoms with Crippen LogP contribution in [0.25, 0.3) is 0 Å². The molecule has 4 nitrogen and oxygen atoms in total. The molecule has 0 bridgehead atoms. The number of H-pyrrole nitrogens is 1. The van der Waals surface area contributed by atoms with Gasteiger partial charge in [0.25, 0.3) is 0 Å². The van der Waals surface area contributed by atoms with Crippen molar-refractivity contribution in [3.05, 3.63) is 52.6 Å². The fraction of sp³-hybridized carbons (Fsp3) is 0.524. The first-order chi connectivity index (χ1) is 13.5. The zero-order valence-electron chi connectivity index (χ0n) is 15.6. The van der Waals surface area contributed by atoms with Gasteiger partial charge in [-0.15, -0.1) is 0 Å². The van der Waals surface area contributed by atoms with Gasteiger partial charge >= 0.3 is 0 Å². The highest BCUT2D eigenvalue weighted by Crippen LogP contribution is 2.41. The second-order valence-electron chi connectivity index (χ2n) is 7.97. The van der Waals surface area contributed by atoms with Crippen LogP contribution in [0.5, 0.6) is 0 Å². The minimum absolute atomic E-state index is 0.0219. The fourth-order valence-corrected chi connectivity index (χ4v) is 4.95. The van der Waals surface area contributed by atoms with Gasteiger partial charge in [0, 0.05) is 29.8 Å². The molecule has 1 heterocycles. The van der Waals surface area contributed by atoms with Crippen molar-refractivity contribution >= 4 is 17.5 Å². The van der Waals surface area contributed by atoms with Gasteiger partial charge in [0.2, 0.25) is 5.91 Å². The summed E-state index contributed by atoms with van der Waals surface area (Å²) in [6.45, 7) is 0. The maximum atomic E-state index is 14.7. The molecular formula is C21H24ClF2N3O. The van der Waals surface area contributed by atoms with Gasteiger partial charge in [-0.3, -0.25) is 4.79 Å². The number of aromatic amines is 1. The zero-order valence-corrected chi connectivity index (χ0v) is 16.3. The van der Waals surface area contributed by atoms with Crippen molar-refractivity contribution in [2.45, 2.75) is 56.9 Å². The SMILES string of the molecule is O=C(NC(c1c(F)ccc(Cl)c1F)C1CCCC1)C1CCC(c2ncc[nH]2)C1. The lowest BCUT2D eigenvalue weighted by Crippen LogP contribution is -2.37. The zero-order chi connectivity index (χ0) is 19.7. The summed E-state index contributed by atoms with van der Waals surface area (Å²) in [7, 11) is 0. The Morgan fingerprint density at radius 2 is 2.00 bits per heavy atom. The lowest BCUT2D eigenvalue weighted by atomic mass is 9.90. The van der Waals surface area contributed by atoms with Gasteiger partial charge in [0.15, 0.2) is 0 Å². The van der Waals surface area contributed by atoms with E-state index in [-0.39, 0.29) is 34.2 Å². The number of carbonyl (C=O) groups excluding carboxylic acids is 1. The average Bonchev–Trinajstić information content (AvgIpc) is 3.45. The number of amides is 1. The number of benzene rings is 1. The molecule has 1 aromatic heterocycles. The number of nitrogens with one attached hydrogen (secondary N) is 2. The Bertz CT molecular complexity index is 836. The second kappa shape index (κ2) is 8.19. The van der Waals surface area contributed by atoms with E-state index in [2.05, 4.69) is 15.3 Å². The third kappa shape index (κ3) is 3.79. The highest BCUT2D eigenvalue weighted by molar-refractivity contribution is 6.30. The van der Waals surface area contributed by atoms with Crippen LogP contribution in [0.15, 0.2) is 24.5 Å². The topological polar surface area (TPSA) is 57.8 Å². The molecule has 2 aliphatic rings. The molecule has 2 saturated carbocycles. The second-order valence-corrected chi connectivity index (χ2v) is 8.38. The van der Waals surface area contributed by atoms with E-state index in [0.29, 0.717) is 6.42 Å². The van der Waals surface area contributed by atoms with Crippen molar-refractivity contribution in [3.8, 4) is 0 Å². The molecule has 7 heteroatoms. The first-order valence-corrected chi connectivity index (χ1v) is 10.4. The van der Waals surface area contributed by atoms with E-state index in [1.54, 1.807) is 12.4 Å². The van der Waals surface area contributed by atoms with Gasteiger partial charge in [0.05, 0.1) is 11.1 Å².